The smallest absolute Gasteiger partial charge is 0.230 e. The van der Waals surface area contributed by atoms with Crippen LogP contribution < -0.4 is 5.73 Å². The van der Waals surface area contributed by atoms with E-state index in [1.165, 1.54) is 10.8 Å². The molecule has 2 aromatic rings. The van der Waals surface area contributed by atoms with Crippen LogP contribution in [-0.4, -0.2) is 55.5 Å². The van der Waals surface area contributed by atoms with E-state index in [2.05, 4.69) is 79.2 Å². The van der Waals surface area contributed by atoms with Crippen LogP contribution in [0, 0.1) is 5.41 Å². The predicted molar refractivity (Wildman–Crippen MR) is 147 cm³/mol. The molecule has 4 heteroatoms. The summed E-state index contributed by atoms with van der Waals surface area (Å²) in [7, 11) is 2.11. The van der Waals surface area contributed by atoms with Crippen LogP contribution in [0.2, 0.25) is 0 Å². The van der Waals surface area contributed by atoms with Crippen molar-refractivity contribution in [3.05, 3.63) is 108 Å². The van der Waals surface area contributed by atoms with E-state index < -0.39 is 5.41 Å². The van der Waals surface area contributed by atoms with Crippen LogP contribution in [0.4, 0.5) is 0 Å². The number of amides is 1. The van der Waals surface area contributed by atoms with Crippen molar-refractivity contribution in [3.8, 4) is 0 Å². The van der Waals surface area contributed by atoms with Crippen LogP contribution in [0.15, 0.2) is 103 Å². The molecule has 182 valence electrons. The second-order valence-corrected chi connectivity index (χ2v) is 9.83. The topological polar surface area (TPSA) is 49.6 Å². The third kappa shape index (κ3) is 6.27. The van der Waals surface area contributed by atoms with Gasteiger partial charge in [0.1, 0.15) is 0 Å². The van der Waals surface area contributed by atoms with Crippen LogP contribution in [-0.2, 0) is 11.2 Å². The molecule has 1 fully saturated rings. The number of rotatable bonds is 6. The van der Waals surface area contributed by atoms with E-state index in [9.17, 15) is 4.79 Å². The summed E-state index contributed by atoms with van der Waals surface area (Å²) in [5.41, 5.74) is 9.02. The maximum Gasteiger partial charge on any atom is 0.230 e. The summed E-state index contributed by atoms with van der Waals surface area (Å²) in [5.74, 6) is 0.168. The Morgan fingerprint density at radius 3 is 2.51 bits per heavy atom. The van der Waals surface area contributed by atoms with Gasteiger partial charge in [0.15, 0.2) is 0 Å². The maximum absolute atomic E-state index is 14.2. The quantitative estimate of drug-likeness (QED) is 0.647. The number of hydrogen-bond donors (Lipinski definition) is 1. The first kappa shape index (κ1) is 24.9. The number of fused-ring (bicyclic) bond motifs is 1. The number of piperazine rings is 1. The summed E-state index contributed by atoms with van der Waals surface area (Å²) in [6.45, 7) is 7.68. The Hall–Kier alpha value is -3.21. The van der Waals surface area contributed by atoms with Crippen molar-refractivity contribution in [2.24, 2.45) is 11.1 Å². The molecule has 35 heavy (non-hydrogen) atoms. The largest absolute Gasteiger partial charge is 0.340 e. The molecular weight excluding hydrogens is 430 g/mol. The average Bonchev–Trinajstić information content (AvgIpc) is 2.88. The van der Waals surface area contributed by atoms with Crippen LogP contribution in [0.1, 0.15) is 18.4 Å². The van der Waals surface area contributed by atoms with Crippen molar-refractivity contribution in [1.29, 1.82) is 0 Å². The van der Waals surface area contributed by atoms with Crippen molar-refractivity contribution in [2.75, 3.05) is 39.8 Å². The average molecular weight is 468 g/mol. The first-order valence-corrected chi connectivity index (χ1v) is 12.5. The lowest BCUT2D eigenvalue weighted by Crippen LogP contribution is -2.55. The molecule has 4 rings (SSSR count). The summed E-state index contributed by atoms with van der Waals surface area (Å²) < 4.78 is 0. The predicted octanol–water partition coefficient (Wildman–Crippen LogP) is 5.05. The highest BCUT2D eigenvalue weighted by molar-refractivity contribution is 5.85. The Morgan fingerprint density at radius 2 is 1.74 bits per heavy atom. The molecule has 1 aliphatic carbocycles. The van der Waals surface area contributed by atoms with Crippen molar-refractivity contribution in [3.63, 3.8) is 0 Å². The van der Waals surface area contributed by atoms with Crippen LogP contribution in [0.5, 0.6) is 0 Å². The molecule has 1 saturated heterocycles. The lowest BCUT2D eigenvalue weighted by atomic mass is 9.74. The van der Waals surface area contributed by atoms with Crippen molar-refractivity contribution < 1.29 is 4.79 Å². The lowest BCUT2D eigenvalue weighted by Gasteiger charge is -2.40. The highest BCUT2D eigenvalue weighted by atomic mass is 16.2. The molecule has 0 radical (unpaired) electrons. The van der Waals surface area contributed by atoms with E-state index in [1.807, 2.05) is 29.2 Å². The van der Waals surface area contributed by atoms with E-state index in [4.69, 9.17) is 5.73 Å². The number of allylic oxidation sites excluding steroid dienone is 9. The Kier molecular flexibility index (Phi) is 8.17. The Balaban J connectivity index is 1.69. The fourth-order valence-electron chi connectivity index (χ4n) is 4.95. The van der Waals surface area contributed by atoms with Crippen molar-refractivity contribution >= 4 is 16.7 Å². The second-order valence-electron chi connectivity index (χ2n) is 9.83. The zero-order chi connectivity index (χ0) is 24.7. The number of benzene rings is 2. The molecule has 1 heterocycles. The third-order valence-corrected chi connectivity index (χ3v) is 7.12. The molecule has 1 aliphatic heterocycles. The van der Waals surface area contributed by atoms with Gasteiger partial charge in [-0.3, -0.25) is 4.79 Å². The summed E-state index contributed by atoms with van der Waals surface area (Å²) >= 11 is 0. The molecule has 2 aliphatic rings. The van der Waals surface area contributed by atoms with E-state index in [-0.39, 0.29) is 5.91 Å². The third-order valence-electron chi connectivity index (χ3n) is 7.12. The highest BCUT2D eigenvalue weighted by Gasteiger charge is 2.41. The van der Waals surface area contributed by atoms with Gasteiger partial charge < -0.3 is 15.5 Å². The highest BCUT2D eigenvalue weighted by Crippen LogP contribution is 2.35. The number of likely N-dealkylation sites (N-methyl/N-ethyl adjacent to an activating group) is 1. The molecule has 2 aromatic carbocycles. The lowest BCUT2D eigenvalue weighted by molar-refractivity contribution is -0.143. The Morgan fingerprint density at radius 1 is 0.971 bits per heavy atom. The minimum absolute atomic E-state index is 0.168. The van der Waals surface area contributed by atoms with Gasteiger partial charge >= 0.3 is 0 Å². The van der Waals surface area contributed by atoms with E-state index in [1.54, 1.807) is 0 Å². The Labute approximate surface area is 209 Å². The second kappa shape index (κ2) is 11.5. The van der Waals surface area contributed by atoms with Crippen LogP contribution in [0.3, 0.4) is 0 Å². The molecule has 0 aromatic heterocycles. The molecule has 2 N–H and O–H groups in total. The standard InChI is InChI=1S/C31H37N3O/c1-25-9-5-3-4-6-10-26(14-13-25)22-31(24-32,30(35)34-19-17-33(2)18-20-34)23-27-15-16-28-11-7-8-12-29(28)21-27/h3-5,7-16,21H,1,6,17-20,22-24,32H2,2H3/b4-3-,9-5-,14-13-,26-10+. The summed E-state index contributed by atoms with van der Waals surface area (Å²) in [6.07, 6.45) is 16.5. The number of nitrogens with two attached hydrogens (primary N) is 1. The molecular formula is C31H37N3O. The molecule has 0 saturated carbocycles. The number of nitrogens with zero attached hydrogens (tertiary/aromatic N) is 2. The van der Waals surface area contributed by atoms with Gasteiger partial charge in [0.25, 0.3) is 0 Å². The minimum Gasteiger partial charge on any atom is -0.340 e. The summed E-state index contributed by atoms with van der Waals surface area (Å²) in [5, 5.41) is 2.39. The fourth-order valence-corrected chi connectivity index (χ4v) is 4.95. The zero-order valence-electron chi connectivity index (χ0n) is 20.8. The number of carbonyl (C=O) groups excluding carboxylic acids is 1. The molecule has 0 bridgehead atoms. The van der Waals surface area contributed by atoms with E-state index in [0.29, 0.717) is 19.4 Å². The van der Waals surface area contributed by atoms with Crippen molar-refractivity contribution in [2.45, 2.75) is 19.3 Å². The normalized spacial score (nSPS) is 23.2. The van der Waals surface area contributed by atoms with Gasteiger partial charge in [0, 0.05) is 32.7 Å². The van der Waals surface area contributed by atoms with Gasteiger partial charge in [-0.05, 0) is 48.2 Å². The molecule has 1 unspecified atom stereocenters. The van der Waals surface area contributed by atoms with Gasteiger partial charge in [-0.2, -0.15) is 0 Å². The van der Waals surface area contributed by atoms with Crippen molar-refractivity contribution in [1.82, 2.24) is 9.80 Å². The molecule has 4 nitrogen and oxygen atoms in total. The molecule has 1 atom stereocenters. The first-order valence-electron chi connectivity index (χ1n) is 12.5. The van der Waals surface area contributed by atoms with E-state index >= 15 is 0 Å². The fraction of sp³-hybridized carbons (Fsp3) is 0.323. The van der Waals surface area contributed by atoms with Gasteiger partial charge in [0.05, 0.1) is 5.41 Å². The number of hydrogen-bond acceptors (Lipinski definition) is 3. The van der Waals surface area contributed by atoms with Gasteiger partial charge in [0.2, 0.25) is 5.91 Å². The van der Waals surface area contributed by atoms with Gasteiger partial charge in [-0.25, -0.2) is 0 Å². The van der Waals surface area contributed by atoms with Gasteiger partial charge in [-0.15, -0.1) is 0 Å². The monoisotopic (exact) mass is 467 g/mol. The Bertz CT molecular complexity index is 1180. The summed E-state index contributed by atoms with van der Waals surface area (Å²) in [6, 6.07) is 14.9. The van der Waals surface area contributed by atoms with E-state index in [0.717, 1.165) is 49.3 Å². The molecule has 0 spiro atoms. The SMILES string of the molecule is C=C1/C=C\C=C/C/C=C(CC(CN)(Cc2ccc3ccccc3c2)C(=O)N2CCN(C)CC2)\C=C/1. The zero-order valence-corrected chi connectivity index (χ0v) is 20.8. The number of carbonyl (C=O) groups is 1. The van der Waals surface area contributed by atoms with Gasteiger partial charge in [-0.1, -0.05) is 97.1 Å². The maximum atomic E-state index is 14.2. The van der Waals surface area contributed by atoms with Crippen LogP contribution >= 0.6 is 0 Å². The van der Waals surface area contributed by atoms with Crippen LogP contribution in [0.25, 0.3) is 10.8 Å². The first-order chi connectivity index (χ1) is 17.0. The summed E-state index contributed by atoms with van der Waals surface area (Å²) in [4.78, 5) is 18.5. The minimum atomic E-state index is -0.709. The molecule has 1 amide bonds.